The average molecular weight is 1110 g/mol. The summed E-state index contributed by atoms with van der Waals surface area (Å²) in [5.41, 5.74) is 4.27. The lowest BCUT2D eigenvalue weighted by atomic mass is 9.88. The fourth-order valence-corrected chi connectivity index (χ4v) is 9.03. The van der Waals surface area contributed by atoms with Crippen molar-refractivity contribution in [2.75, 3.05) is 54.9 Å². The molecule has 0 saturated carbocycles. The van der Waals surface area contributed by atoms with Gasteiger partial charge in [-0.05, 0) is 146 Å². The second-order valence-corrected chi connectivity index (χ2v) is 19.5. The van der Waals surface area contributed by atoms with Crippen molar-refractivity contribution in [2.45, 2.75) is 131 Å². The standard InChI is InChI=1S/C60H76N4O16/c1-13-17-77-49-37-21-39-27-46(54(66)62-34(6)58(70)74-10)29-41(50(39)78-18-14-2)23-43-31-48(56(68)64-36(8)60(72)76-12)32-44(52(43)80-20-16-4)24-42-30-47(55(67)63-35(7)59(71)75-11)28-40(51(42)79-19-15-3)22-38(49)26-45(25-37)53(65)61-33(5)57(69)73-9/h25-36H,13-24H2,1-12H3,(H,61,65)(H,62,66)(H,63,67)(H,64,68)/t33-,34-,35-,36-/m0/s1. The third-order valence-electron chi connectivity index (χ3n) is 13.0. The maximum Gasteiger partial charge on any atom is 0.328 e. The SMILES string of the molecule is CCCOc1c2cc(C(=O)N[C@@H](C)C(=O)OC)cc1Cc1cc(C(=O)N[C@@H](C)C(=O)OC)cc(c1OCCC)Cc1cc(C(=O)N[C@@H](C)C(=O)OC)cc(c1OCCC)Cc1cc(C(=O)N[C@@H](C)C(=O)OC)cc(c1OCCC)C2. The number of nitrogens with one attached hydrogen (secondary N) is 4. The zero-order chi connectivity index (χ0) is 58.8. The minimum atomic E-state index is -1.05. The van der Waals surface area contributed by atoms with Gasteiger partial charge in [-0.15, -0.1) is 0 Å². The number of benzene rings is 4. The van der Waals surface area contributed by atoms with Crippen LogP contribution in [-0.2, 0) is 63.8 Å². The fraction of sp³-hybridized carbons (Fsp3) is 0.467. The quantitative estimate of drug-likeness (QED) is 0.0371. The number of esters is 4. The smallest absolute Gasteiger partial charge is 0.328 e. The fourth-order valence-electron chi connectivity index (χ4n) is 9.03. The van der Waals surface area contributed by atoms with E-state index in [4.69, 9.17) is 37.9 Å². The van der Waals surface area contributed by atoms with Crippen LogP contribution >= 0.6 is 0 Å². The molecule has 4 amide bonds. The van der Waals surface area contributed by atoms with E-state index in [1.54, 1.807) is 48.5 Å². The highest BCUT2D eigenvalue weighted by Gasteiger charge is 2.30. The molecule has 1 aliphatic rings. The topological polar surface area (TPSA) is 259 Å². The van der Waals surface area contributed by atoms with Crippen LogP contribution in [0.3, 0.4) is 0 Å². The molecule has 0 saturated heterocycles. The van der Waals surface area contributed by atoms with Crippen molar-refractivity contribution in [1.29, 1.82) is 0 Å². The highest BCUT2D eigenvalue weighted by molar-refractivity contribution is 6.00. The highest BCUT2D eigenvalue weighted by Crippen LogP contribution is 2.41. The minimum absolute atomic E-state index is 0.0317. The van der Waals surface area contributed by atoms with Gasteiger partial charge >= 0.3 is 23.9 Å². The number of hydrogen-bond donors (Lipinski definition) is 4. The van der Waals surface area contributed by atoms with Crippen LogP contribution in [0.2, 0.25) is 0 Å². The number of methoxy groups -OCH3 is 4. The summed E-state index contributed by atoms with van der Waals surface area (Å²) in [4.78, 5) is 109. The van der Waals surface area contributed by atoms with Gasteiger partial charge in [0, 0.05) is 47.9 Å². The van der Waals surface area contributed by atoms with E-state index in [1.807, 2.05) is 27.7 Å². The second kappa shape index (κ2) is 29.7. The number of ether oxygens (including phenoxy) is 8. The Morgan fingerprint density at radius 3 is 0.637 bits per heavy atom. The molecule has 20 heteroatoms. The molecule has 4 aromatic rings. The molecule has 4 aromatic carbocycles. The van der Waals surface area contributed by atoms with E-state index >= 15 is 0 Å². The van der Waals surface area contributed by atoms with Gasteiger partial charge in [-0.3, -0.25) is 19.2 Å². The molecule has 0 aromatic heterocycles. The van der Waals surface area contributed by atoms with Gasteiger partial charge in [-0.1, -0.05) is 27.7 Å². The number of hydrogen-bond acceptors (Lipinski definition) is 16. The molecule has 4 N–H and O–H groups in total. The lowest BCUT2D eigenvalue weighted by Gasteiger charge is -2.25. The summed E-state index contributed by atoms with van der Waals surface area (Å²) in [6.45, 7) is 14.6. The number of amides is 4. The molecular formula is C60H76N4O16. The summed E-state index contributed by atoms with van der Waals surface area (Å²) < 4.78 is 46.5. The normalized spacial score (nSPS) is 13.2. The van der Waals surface area contributed by atoms with Gasteiger partial charge in [0.05, 0.1) is 54.9 Å². The molecule has 4 atom stereocenters. The summed E-state index contributed by atoms with van der Waals surface area (Å²) in [6, 6.07) is 8.95. The van der Waals surface area contributed by atoms with E-state index in [0.717, 1.165) is 0 Å². The van der Waals surface area contributed by atoms with E-state index in [9.17, 15) is 38.4 Å². The Labute approximate surface area is 467 Å². The van der Waals surface area contributed by atoms with E-state index < -0.39 is 71.7 Å². The van der Waals surface area contributed by atoms with Crippen LogP contribution in [0, 0.1) is 0 Å². The Balaban J connectivity index is 2.03. The third kappa shape index (κ3) is 16.0. The monoisotopic (exact) mass is 1110 g/mol. The zero-order valence-corrected chi connectivity index (χ0v) is 47.9. The Morgan fingerprint density at radius 2 is 0.500 bits per heavy atom. The highest BCUT2D eigenvalue weighted by atomic mass is 16.5. The molecule has 8 bridgehead atoms. The van der Waals surface area contributed by atoms with Crippen LogP contribution in [0.5, 0.6) is 23.0 Å². The van der Waals surface area contributed by atoms with Crippen LogP contribution < -0.4 is 40.2 Å². The molecule has 0 heterocycles. The third-order valence-corrected chi connectivity index (χ3v) is 13.0. The van der Waals surface area contributed by atoms with Crippen LogP contribution in [0.1, 0.15) is 167 Å². The number of carbonyl (C=O) groups is 8. The first kappa shape index (κ1) is 62.7. The maximum absolute atomic E-state index is 14.5. The van der Waals surface area contributed by atoms with Crippen molar-refractivity contribution in [2.24, 2.45) is 0 Å². The van der Waals surface area contributed by atoms with Crippen LogP contribution in [0.4, 0.5) is 0 Å². The van der Waals surface area contributed by atoms with Gasteiger partial charge in [0.25, 0.3) is 23.6 Å². The number of rotatable bonds is 24. The summed E-state index contributed by atoms with van der Waals surface area (Å²) in [6.07, 6.45) is 2.17. The van der Waals surface area contributed by atoms with E-state index in [2.05, 4.69) is 21.3 Å². The predicted octanol–water partition coefficient (Wildman–Crippen LogP) is 6.68. The Hall–Kier alpha value is -8.16. The van der Waals surface area contributed by atoms with Crippen LogP contribution in [0.15, 0.2) is 48.5 Å². The molecule has 0 unspecified atom stereocenters. The summed E-state index contributed by atoms with van der Waals surface area (Å²) >= 11 is 0. The van der Waals surface area contributed by atoms with Crippen molar-refractivity contribution in [3.8, 4) is 23.0 Å². The van der Waals surface area contributed by atoms with E-state index in [-0.39, 0.29) is 74.4 Å². The summed E-state index contributed by atoms with van der Waals surface area (Å²) in [7, 11) is 4.86. The van der Waals surface area contributed by atoms with Crippen LogP contribution in [-0.4, -0.2) is 127 Å². The van der Waals surface area contributed by atoms with Crippen molar-refractivity contribution in [1.82, 2.24) is 21.3 Å². The number of carbonyl (C=O) groups excluding carboxylic acids is 8. The Kier molecular flexibility index (Phi) is 23.3. The van der Waals surface area contributed by atoms with E-state index in [1.165, 1.54) is 56.1 Å². The Bertz CT molecular complexity index is 2450. The molecule has 432 valence electrons. The molecule has 0 spiro atoms. The molecule has 20 nitrogen and oxygen atoms in total. The lowest BCUT2D eigenvalue weighted by molar-refractivity contribution is -0.143. The summed E-state index contributed by atoms with van der Waals surface area (Å²) in [5.74, 6) is -3.69. The first-order valence-electron chi connectivity index (χ1n) is 26.9. The lowest BCUT2D eigenvalue weighted by Crippen LogP contribution is -2.39. The molecule has 0 aliphatic heterocycles. The van der Waals surface area contributed by atoms with Crippen molar-refractivity contribution >= 4 is 47.5 Å². The van der Waals surface area contributed by atoms with Crippen molar-refractivity contribution in [3.05, 3.63) is 115 Å². The second-order valence-electron chi connectivity index (χ2n) is 19.5. The van der Waals surface area contributed by atoms with Gasteiger partial charge in [-0.2, -0.15) is 0 Å². The minimum Gasteiger partial charge on any atom is -0.493 e. The molecule has 1 aliphatic carbocycles. The summed E-state index contributed by atoms with van der Waals surface area (Å²) in [5, 5.41) is 11.0. The van der Waals surface area contributed by atoms with Gasteiger partial charge in [0.2, 0.25) is 0 Å². The van der Waals surface area contributed by atoms with Crippen LogP contribution in [0.25, 0.3) is 0 Å². The molecule has 80 heavy (non-hydrogen) atoms. The average Bonchev–Trinajstić information content (AvgIpc) is 3.51. The van der Waals surface area contributed by atoms with Crippen molar-refractivity contribution in [3.63, 3.8) is 0 Å². The van der Waals surface area contributed by atoms with Crippen molar-refractivity contribution < 1.29 is 76.3 Å². The zero-order valence-electron chi connectivity index (χ0n) is 47.9. The largest absolute Gasteiger partial charge is 0.493 e. The first-order valence-corrected chi connectivity index (χ1v) is 26.9. The predicted molar refractivity (Wildman–Crippen MR) is 296 cm³/mol. The molecular weight excluding hydrogens is 1030 g/mol. The molecule has 5 rings (SSSR count). The molecule has 0 radical (unpaired) electrons. The Morgan fingerprint density at radius 1 is 0.338 bits per heavy atom. The van der Waals surface area contributed by atoms with Gasteiger partial charge in [0.1, 0.15) is 47.2 Å². The first-order chi connectivity index (χ1) is 38.2. The molecule has 0 fully saturated rings. The van der Waals surface area contributed by atoms with Gasteiger partial charge in [-0.25, -0.2) is 19.2 Å². The number of fused-ring (bicyclic) bond motifs is 8. The maximum atomic E-state index is 14.5. The van der Waals surface area contributed by atoms with E-state index in [0.29, 0.717) is 93.2 Å². The van der Waals surface area contributed by atoms with Gasteiger partial charge in [0.15, 0.2) is 0 Å². The van der Waals surface area contributed by atoms with Gasteiger partial charge < -0.3 is 59.2 Å².